The minimum Gasteiger partial charge on any atom is -0.480 e. The fourth-order valence-electron chi connectivity index (χ4n) is 1.68. The minimum atomic E-state index is -3.78. The first-order valence-corrected chi connectivity index (χ1v) is 7.89. The van der Waals surface area contributed by atoms with E-state index in [-0.39, 0.29) is 11.4 Å². The maximum Gasteiger partial charge on any atom is 0.323 e. The van der Waals surface area contributed by atoms with Gasteiger partial charge in [0, 0.05) is 6.54 Å². The van der Waals surface area contributed by atoms with E-state index >= 15 is 0 Å². The van der Waals surface area contributed by atoms with Crippen molar-refractivity contribution in [2.24, 2.45) is 0 Å². The van der Waals surface area contributed by atoms with Gasteiger partial charge in [0.05, 0.1) is 11.4 Å². The molecule has 0 fully saturated rings. The Balaban J connectivity index is 2.68. The lowest BCUT2D eigenvalue weighted by molar-refractivity contribution is -0.144. The van der Waals surface area contributed by atoms with E-state index in [0.29, 0.717) is 6.42 Å². The third kappa shape index (κ3) is 5.52. The molecule has 8 heteroatoms. The van der Waals surface area contributed by atoms with Crippen LogP contribution in [0.25, 0.3) is 0 Å². The molecule has 0 bridgehead atoms. The van der Waals surface area contributed by atoms with Crippen molar-refractivity contribution in [3.63, 3.8) is 0 Å². The van der Waals surface area contributed by atoms with E-state index in [1.54, 1.807) is 25.1 Å². The van der Waals surface area contributed by atoms with Gasteiger partial charge in [-0.1, -0.05) is 25.1 Å². The predicted octanol–water partition coefficient (Wildman–Crippen LogP) is 0.288. The molecular weight excluding hydrogens is 296 g/mol. The quantitative estimate of drug-likeness (QED) is 0.717. The van der Waals surface area contributed by atoms with Gasteiger partial charge < -0.3 is 10.0 Å². The molecule has 1 amide bonds. The summed E-state index contributed by atoms with van der Waals surface area (Å²) in [5.41, 5.74) is 0. The SMILES string of the molecule is CCCN(CC(=O)O)C(=O)CNS(=O)(=O)c1ccccc1. The van der Waals surface area contributed by atoms with Gasteiger partial charge in [0.15, 0.2) is 0 Å². The number of carbonyl (C=O) groups excluding carboxylic acids is 1. The Hall–Kier alpha value is -1.93. The highest BCUT2D eigenvalue weighted by atomic mass is 32.2. The Bertz CT molecular complexity index is 586. The zero-order valence-electron chi connectivity index (χ0n) is 11.7. The standard InChI is InChI=1S/C13H18N2O5S/c1-2-8-15(10-13(17)18)12(16)9-14-21(19,20)11-6-4-3-5-7-11/h3-7,14H,2,8-10H2,1H3,(H,17,18). The molecule has 0 aliphatic carbocycles. The van der Waals surface area contributed by atoms with Crippen LogP contribution in [-0.2, 0) is 19.6 Å². The van der Waals surface area contributed by atoms with E-state index in [2.05, 4.69) is 4.72 Å². The van der Waals surface area contributed by atoms with Gasteiger partial charge in [-0.25, -0.2) is 13.1 Å². The number of nitrogens with one attached hydrogen (secondary N) is 1. The van der Waals surface area contributed by atoms with Crippen LogP contribution in [-0.4, -0.2) is 49.9 Å². The Morgan fingerprint density at radius 2 is 1.86 bits per heavy atom. The zero-order valence-corrected chi connectivity index (χ0v) is 12.5. The third-order valence-corrected chi connectivity index (χ3v) is 4.06. The largest absolute Gasteiger partial charge is 0.480 e. The van der Waals surface area contributed by atoms with E-state index in [1.807, 2.05) is 0 Å². The molecule has 0 radical (unpaired) electrons. The average molecular weight is 314 g/mol. The second kappa shape index (κ2) is 7.75. The highest BCUT2D eigenvalue weighted by Gasteiger charge is 2.19. The van der Waals surface area contributed by atoms with E-state index in [0.717, 1.165) is 4.90 Å². The molecule has 0 saturated heterocycles. The summed E-state index contributed by atoms with van der Waals surface area (Å²) in [6.45, 7) is 1.15. The van der Waals surface area contributed by atoms with E-state index in [9.17, 15) is 18.0 Å². The molecule has 2 N–H and O–H groups in total. The molecule has 21 heavy (non-hydrogen) atoms. The molecule has 1 rings (SSSR count). The molecule has 1 aromatic carbocycles. The summed E-state index contributed by atoms with van der Waals surface area (Å²) < 4.78 is 26.1. The topological polar surface area (TPSA) is 104 Å². The van der Waals surface area contributed by atoms with E-state index in [4.69, 9.17) is 5.11 Å². The number of hydrogen-bond acceptors (Lipinski definition) is 4. The van der Waals surface area contributed by atoms with Crippen LogP contribution in [0.3, 0.4) is 0 Å². The lowest BCUT2D eigenvalue weighted by atomic mass is 10.4. The van der Waals surface area contributed by atoms with E-state index < -0.39 is 35.0 Å². The van der Waals surface area contributed by atoms with Crippen molar-refractivity contribution in [2.75, 3.05) is 19.6 Å². The molecule has 0 aliphatic heterocycles. The predicted molar refractivity (Wildman–Crippen MR) is 76.1 cm³/mol. The first-order chi connectivity index (χ1) is 9.86. The van der Waals surface area contributed by atoms with Crippen LogP contribution in [0.2, 0.25) is 0 Å². The first-order valence-electron chi connectivity index (χ1n) is 6.41. The first kappa shape index (κ1) is 17.1. The number of rotatable bonds is 8. The Morgan fingerprint density at radius 1 is 1.24 bits per heavy atom. The molecule has 0 spiro atoms. The highest BCUT2D eigenvalue weighted by Crippen LogP contribution is 2.06. The summed E-state index contributed by atoms with van der Waals surface area (Å²) in [5.74, 6) is -1.71. The number of sulfonamides is 1. The number of benzene rings is 1. The number of aliphatic carboxylic acids is 1. The molecule has 0 heterocycles. The van der Waals surface area contributed by atoms with Crippen LogP contribution in [0, 0.1) is 0 Å². The zero-order chi connectivity index (χ0) is 15.9. The summed E-state index contributed by atoms with van der Waals surface area (Å²) in [5, 5.41) is 8.73. The highest BCUT2D eigenvalue weighted by molar-refractivity contribution is 7.89. The molecule has 0 unspecified atom stereocenters. The summed E-state index contributed by atoms with van der Waals surface area (Å²) >= 11 is 0. The Morgan fingerprint density at radius 3 is 2.38 bits per heavy atom. The average Bonchev–Trinajstić information content (AvgIpc) is 2.45. The fraction of sp³-hybridized carbons (Fsp3) is 0.385. The van der Waals surface area contributed by atoms with Gasteiger partial charge in [0.25, 0.3) is 0 Å². The van der Waals surface area contributed by atoms with Crippen LogP contribution >= 0.6 is 0 Å². The maximum absolute atomic E-state index is 11.9. The van der Waals surface area contributed by atoms with Crippen molar-refractivity contribution in [1.82, 2.24) is 9.62 Å². The van der Waals surface area contributed by atoms with Crippen LogP contribution in [0.5, 0.6) is 0 Å². The van der Waals surface area contributed by atoms with Gasteiger partial charge in [0.1, 0.15) is 6.54 Å². The molecule has 0 aromatic heterocycles. The summed E-state index contributed by atoms with van der Waals surface area (Å²) in [4.78, 5) is 23.7. The molecular formula is C13H18N2O5S. The van der Waals surface area contributed by atoms with Crippen molar-refractivity contribution in [1.29, 1.82) is 0 Å². The number of nitrogens with zero attached hydrogens (tertiary/aromatic N) is 1. The van der Waals surface area contributed by atoms with Crippen LogP contribution in [0.4, 0.5) is 0 Å². The van der Waals surface area contributed by atoms with Crippen molar-refractivity contribution in [3.05, 3.63) is 30.3 Å². The van der Waals surface area contributed by atoms with Crippen LogP contribution < -0.4 is 4.72 Å². The maximum atomic E-state index is 11.9. The number of carboxylic acids is 1. The number of hydrogen-bond donors (Lipinski definition) is 2. The van der Waals surface area contributed by atoms with E-state index in [1.165, 1.54) is 12.1 Å². The lowest BCUT2D eigenvalue weighted by Gasteiger charge is -2.20. The Labute approximate surface area is 123 Å². The van der Waals surface area contributed by atoms with Gasteiger partial charge in [0.2, 0.25) is 15.9 Å². The van der Waals surface area contributed by atoms with Gasteiger partial charge in [-0.15, -0.1) is 0 Å². The molecule has 0 aliphatic rings. The smallest absolute Gasteiger partial charge is 0.323 e. The molecule has 0 saturated carbocycles. The summed E-state index contributed by atoms with van der Waals surface area (Å²) in [6, 6.07) is 7.65. The number of carbonyl (C=O) groups is 2. The van der Waals surface area contributed by atoms with Gasteiger partial charge in [-0.05, 0) is 18.6 Å². The van der Waals surface area contributed by atoms with Crippen LogP contribution in [0.15, 0.2) is 35.2 Å². The van der Waals surface area contributed by atoms with Gasteiger partial charge >= 0.3 is 5.97 Å². The minimum absolute atomic E-state index is 0.0538. The lowest BCUT2D eigenvalue weighted by Crippen LogP contribution is -2.42. The second-order valence-corrected chi connectivity index (χ2v) is 6.11. The monoisotopic (exact) mass is 314 g/mol. The normalized spacial score (nSPS) is 11.1. The van der Waals surface area contributed by atoms with Crippen molar-refractivity contribution in [2.45, 2.75) is 18.2 Å². The van der Waals surface area contributed by atoms with Crippen molar-refractivity contribution in [3.8, 4) is 0 Å². The second-order valence-electron chi connectivity index (χ2n) is 4.35. The van der Waals surface area contributed by atoms with Crippen molar-refractivity contribution < 1.29 is 23.1 Å². The Kier molecular flexibility index (Phi) is 6.32. The molecule has 7 nitrogen and oxygen atoms in total. The molecule has 116 valence electrons. The molecule has 1 aromatic rings. The van der Waals surface area contributed by atoms with Crippen molar-refractivity contribution >= 4 is 21.9 Å². The van der Waals surface area contributed by atoms with Gasteiger partial charge in [-0.2, -0.15) is 0 Å². The number of carboxylic acid groups (broad SMARTS) is 1. The summed E-state index contributed by atoms with van der Waals surface area (Å²) in [6.07, 6.45) is 0.588. The van der Waals surface area contributed by atoms with Crippen LogP contribution in [0.1, 0.15) is 13.3 Å². The number of amides is 1. The molecule has 0 atom stereocenters. The third-order valence-electron chi connectivity index (χ3n) is 2.64. The fourth-order valence-corrected chi connectivity index (χ4v) is 2.67. The summed E-state index contributed by atoms with van der Waals surface area (Å²) in [7, 11) is -3.78. The van der Waals surface area contributed by atoms with Gasteiger partial charge in [-0.3, -0.25) is 9.59 Å².